The van der Waals surface area contributed by atoms with E-state index in [2.05, 4.69) is 5.43 Å². The average molecular weight is 307 g/mol. The fourth-order valence-corrected chi connectivity index (χ4v) is 2.56. The molecule has 0 saturated heterocycles. The van der Waals surface area contributed by atoms with Crippen LogP contribution in [-0.2, 0) is 6.42 Å². The van der Waals surface area contributed by atoms with Crippen LogP contribution < -0.4 is 20.7 Å². The summed E-state index contributed by atoms with van der Waals surface area (Å²) in [6.45, 7) is 0. The summed E-state index contributed by atoms with van der Waals surface area (Å²) in [6.07, 6.45) is 0.632. The lowest BCUT2D eigenvalue weighted by molar-refractivity contribution is 0.370. The normalized spacial score (nSPS) is 12.0. The molecule has 0 aliphatic carbocycles. The zero-order valence-electron chi connectivity index (χ0n) is 12.1. The number of hydrogen-bond donors (Lipinski definition) is 2. The second kappa shape index (κ2) is 7.31. The maximum atomic E-state index is 6.23. The summed E-state index contributed by atoms with van der Waals surface area (Å²) in [5, 5.41) is 0.714. The highest BCUT2D eigenvalue weighted by Gasteiger charge is 2.21. The molecule has 0 saturated carbocycles. The Morgan fingerprint density at radius 1 is 1.05 bits per heavy atom. The molecule has 0 bridgehead atoms. The first-order valence-electron chi connectivity index (χ1n) is 6.61. The van der Waals surface area contributed by atoms with E-state index >= 15 is 0 Å². The quantitative estimate of drug-likeness (QED) is 0.636. The summed E-state index contributed by atoms with van der Waals surface area (Å²) in [5.74, 6) is 7.20. The minimum absolute atomic E-state index is 0.170. The third-order valence-electron chi connectivity index (χ3n) is 3.40. The summed E-state index contributed by atoms with van der Waals surface area (Å²) in [7, 11) is 3.25. The summed E-state index contributed by atoms with van der Waals surface area (Å²) in [4.78, 5) is 0. The maximum Gasteiger partial charge on any atom is 0.127 e. The standard InChI is InChI=1S/C16H19ClN2O2/c1-20-14-8-5-9-15(21-2)16(14)13(19-18)10-11-6-3-4-7-12(11)17/h3-9,13,19H,10,18H2,1-2H3. The number of hydrogen-bond acceptors (Lipinski definition) is 4. The molecule has 2 rings (SSSR count). The molecule has 0 heterocycles. The zero-order chi connectivity index (χ0) is 15.2. The van der Waals surface area contributed by atoms with Crippen LogP contribution in [-0.4, -0.2) is 14.2 Å². The maximum absolute atomic E-state index is 6.23. The molecule has 4 nitrogen and oxygen atoms in total. The molecule has 0 aromatic heterocycles. The number of hydrazine groups is 1. The van der Waals surface area contributed by atoms with Crippen molar-refractivity contribution < 1.29 is 9.47 Å². The number of benzene rings is 2. The molecule has 0 aliphatic rings. The van der Waals surface area contributed by atoms with Crippen LogP contribution in [0.25, 0.3) is 0 Å². The Bertz CT molecular complexity index is 582. The topological polar surface area (TPSA) is 56.5 Å². The molecule has 0 radical (unpaired) electrons. The Hall–Kier alpha value is -1.75. The fraction of sp³-hybridized carbons (Fsp3) is 0.250. The molecule has 5 heteroatoms. The predicted octanol–water partition coefficient (Wildman–Crippen LogP) is 3.10. The van der Waals surface area contributed by atoms with Gasteiger partial charge in [-0.15, -0.1) is 0 Å². The lowest BCUT2D eigenvalue weighted by atomic mass is 9.97. The molecule has 0 amide bonds. The van der Waals surface area contributed by atoms with Crippen LogP contribution >= 0.6 is 11.6 Å². The number of ether oxygens (including phenoxy) is 2. The molecule has 0 spiro atoms. The Morgan fingerprint density at radius 3 is 2.19 bits per heavy atom. The van der Waals surface area contributed by atoms with Gasteiger partial charge >= 0.3 is 0 Å². The highest BCUT2D eigenvalue weighted by molar-refractivity contribution is 6.31. The van der Waals surface area contributed by atoms with Crippen LogP contribution in [0.3, 0.4) is 0 Å². The highest BCUT2D eigenvalue weighted by atomic mass is 35.5. The third-order valence-corrected chi connectivity index (χ3v) is 3.77. The molecule has 2 aromatic rings. The minimum Gasteiger partial charge on any atom is -0.496 e. The van der Waals surface area contributed by atoms with Crippen molar-refractivity contribution >= 4 is 11.6 Å². The van der Waals surface area contributed by atoms with Gasteiger partial charge in [0.05, 0.1) is 25.8 Å². The Labute approximate surface area is 129 Å². The zero-order valence-corrected chi connectivity index (χ0v) is 12.9. The van der Waals surface area contributed by atoms with E-state index in [1.165, 1.54) is 0 Å². The number of nitrogens with two attached hydrogens (primary N) is 1. The van der Waals surface area contributed by atoms with Crippen LogP contribution in [0.5, 0.6) is 11.5 Å². The first-order valence-corrected chi connectivity index (χ1v) is 6.99. The Balaban J connectivity index is 2.40. The molecule has 3 N–H and O–H groups in total. The molecular weight excluding hydrogens is 288 g/mol. The van der Waals surface area contributed by atoms with Crippen molar-refractivity contribution in [3.05, 3.63) is 58.6 Å². The van der Waals surface area contributed by atoms with Crippen molar-refractivity contribution in [3.8, 4) is 11.5 Å². The van der Waals surface area contributed by atoms with Crippen molar-refractivity contribution in [1.29, 1.82) is 0 Å². The monoisotopic (exact) mass is 306 g/mol. The van der Waals surface area contributed by atoms with Gasteiger partial charge in [-0.1, -0.05) is 35.9 Å². The first kappa shape index (κ1) is 15.6. The summed E-state index contributed by atoms with van der Waals surface area (Å²) < 4.78 is 10.9. The van der Waals surface area contributed by atoms with Crippen LogP contribution in [0.15, 0.2) is 42.5 Å². The largest absolute Gasteiger partial charge is 0.496 e. The molecule has 2 aromatic carbocycles. The van der Waals surface area contributed by atoms with Gasteiger partial charge in [0.1, 0.15) is 11.5 Å². The molecule has 0 fully saturated rings. The molecule has 1 atom stereocenters. The van der Waals surface area contributed by atoms with E-state index in [4.69, 9.17) is 26.9 Å². The lowest BCUT2D eigenvalue weighted by Crippen LogP contribution is -2.30. The summed E-state index contributed by atoms with van der Waals surface area (Å²) >= 11 is 6.23. The molecule has 0 aliphatic heterocycles. The molecule has 21 heavy (non-hydrogen) atoms. The van der Waals surface area contributed by atoms with Gasteiger partial charge in [0.25, 0.3) is 0 Å². The summed E-state index contributed by atoms with van der Waals surface area (Å²) in [6, 6.07) is 13.2. The van der Waals surface area contributed by atoms with Crippen molar-refractivity contribution in [2.45, 2.75) is 12.5 Å². The Morgan fingerprint density at radius 2 is 1.67 bits per heavy atom. The van der Waals surface area contributed by atoms with Gasteiger partial charge in [-0.05, 0) is 30.2 Å². The van der Waals surface area contributed by atoms with Crippen LogP contribution in [0, 0.1) is 0 Å². The van der Waals surface area contributed by atoms with Gasteiger partial charge in [-0.2, -0.15) is 0 Å². The third kappa shape index (κ3) is 3.47. The number of halogens is 1. The van der Waals surface area contributed by atoms with E-state index in [0.29, 0.717) is 11.4 Å². The van der Waals surface area contributed by atoms with Gasteiger partial charge < -0.3 is 9.47 Å². The molecular formula is C16H19ClN2O2. The van der Waals surface area contributed by atoms with Crippen LogP contribution in [0.2, 0.25) is 5.02 Å². The number of methoxy groups -OCH3 is 2. The van der Waals surface area contributed by atoms with E-state index in [0.717, 1.165) is 22.6 Å². The van der Waals surface area contributed by atoms with Gasteiger partial charge in [0.15, 0.2) is 0 Å². The number of nitrogens with one attached hydrogen (secondary N) is 1. The van der Waals surface area contributed by atoms with Gasteiger partial charge in [0.2, 0.25) is 0 Å². The Kier molecular flexibility index (Phi) is 5.44. The fourth-order valence-electron chi connectivity index (χ4n) is 2.35. The molecule has 112 valence electrons. The smallest absolute Gasteiger partial charge is 0.127 e. The van der Waals surface area contributed by atoms with E-state index in [1.54, 1.807) is 14.2 Å². The van der Waals surface area contributed by atoms with Crippen molar-refractivity contribution in [3.63, 3.8) is 0 Å². The van der Waals surface area contributed by atoms with Crippen molar-refractivity contribution in [2.75, 3.05) is 14.2 Å². The number of rotatable bonds is 6. The van der Waals surface area contributed by atoms with Crippen LogP contribution in [0.4, 0.5) is 0 Å². The predicted molar refractivity (Wildman–Crippen MR) is 84.8 cm³/mol. The van der Waals surface area contributed by atoms with Gasteiger partial charge in [-0.25, -0.2) is 0 Å². The average Bonchev–Trinajstić information content (AvgIpc) is 2.53. The van der Waals surface area contributed by atoms with Gasteiger partial charge in [-0.3, -0.25) is 11.3 Å². The van der Waals surface area contributed by atoms with E-state index < -0.39 is 0 Å². The summed E-state index contributed by atoms with van der Waals surface area (Å²) in [5.41, 5.74) is 4.71. The second-order valence-corrected chi connectivity index (χ2v) is 5.00. The van der Waals surface area contributed by atoms with E-state index in [9.17, 15) is 0 Å². The lowest BCUT2D eigenvalue weighted by Gasteiger charge is -2.22. The minimum atomic E-state index is -0.170. The second-order valence-electron chi connectivity index (χ2n) is 4.59. The van der Waals surface area contributed by atoms with Gasteiger partial charge in [0, 0.05) is 5.02 Å². The molecule has 1 unspecified atom stereocenters. The first-order chi connectivity index (χ1) is 10.2. The van der Waals surface area contributed by atoms with Crippen LogP contribution in [0.1, 0.15) is 17.2 Å². The van der Waals surface area contributed by atoms with E-state index in [-0.39, 0.29) is 6.04 Å². The highest BCUT2D eigenvalue weighted by Crippen LogP contribution is 2.36. The van der Waals surface area contributed by atoms with E-state index in [1.807, 2.05) is 42.5 Å². The van der Waals surface area contributed by atoms with Crippen molar-refractivity contribution in [2.24, 2.45) is 5.84 Å². The SMILES string of the molecule is COc1cccc(OC)c1C(Cc1ccccc1Cl)NN. The van der Waals surface area contributed by atoms with Crippen molar-refractivity contribution in [1.82, 2.24) is 5.43 Å².